The van der Waals surface area contributed by atoms with Crippen molar-refractivity contribution in [3.05, 3.63) is 64.1 Å². The van der Waals surface area contributed by atoms with Crippen LogP contribution < -0.4 is 10.3 Å². The molecule has 0 aliphatic heterocycles. The molecule has 2 aromatic rings. The molecule has 0 aliphatic rings. The van der Waals surface area contributed by atoms with Crippen molar-refractivity contribution in [1.82, 2.24) is 9.71 Å². The van der Waals surface area contributed by atoms with Gasteiger partial charge in [-0.3, -0.25) is 4.79 Å². The lowest BCUT2D eigenvalue weighted by atomic mass is 10.1. The molecule has 21 heavy (non-hydrogen) atoms. The molecule has 0 bridgehead atoms. The predicted molar refractivity (Wildman–Crippen MR) is 72.2 cm³/mol. The van der Waals surface area contributed by atoms with E-state index in [0.717, 1.165) is 36.5 Å². The third-order valence-electron chi connectivity index (χ3n) is 2.82. The largest absolute Gasteiger partial charge is 0.328 e. The van der Waals surface area contributed by atoms with Crippen molar-refractivity contribution in [3.8, 4) is 0 Å². The second-order valence-corrected chi connectivity index (χ2v) is 6.11. The summed E-state index contributed by atoms with van der Waals surface area (Å²) in [7, 11) is -3.96. The quantitative estimate of drug-likeness (QED) is 0.901. The van der Waals surface area contributed by atoms with Crippen LogP contribution in [0.1, 0.15) is 18.5 Å². The summed E-state index contributed by atoms with van der Waals surface area (Å²) < 4.78 is 53.1. The van der Waals surface area contributed by atoms with E-state index in [1.807, 2.05) is 0 Å². The molecule has 1 aromatic carbocycles. The monoisotopic (exact) mass is 314 g/mol. The van der Waals surface area contributed by atoms with Gasteiger partial charge in [0.05, 0.1) is 4.90 Å². The lowest BCUT2D eigenvalue weighted by molar-refractivity contribution is 0.541. The minimum atomic E-state index is -3.96. The number of aromatic amines is 1. The van der Waals surface area contributed by atoms with Crippen LogP contribution in [0.15, 0.2) is 46.2 Å². The van der Waals surface area contributed by atoms with E-state index >= 15 is 0 Å². The van der Waals surface area contributed by atoms with Crippen LogP contribution in [-0.4, -0.2) is 13.4 Å². The first-order valence-corrected chi connectivity index (χ1v) is 7.44. The summed E-state index contributed by atoms with van der Waals surface area (Å²) in [5.41, 5.74) is -0.554. The number of rotatable bonds is 4. The van der Waals surface area contributed by atoms with Gasteiger partial charge in [0.25, 0.3) is 0 Å². The second-order valence-electron chi connectivity index (χ2n) is 4.40. The van der Waals surface area contributed by atoms with Gasteiger partial charge in [-0.15, -0.1) is 0 Å². The molecule has 1 unspecified atom stereocenters. The molecule has 2 rings (SSSR count). The Hall–Kier alpha value is -2.06. The van der Waals surface area contributed by atoms with Crippen LogP contribution in [0.5, 0.6) is 0 Å². The van der Waals surface area contributed by atoms with E-state index in [0.29, 0.717) is 0 Å². The van der Waals surface area contributed by atoms with E-state index in [4.69, 9.17) is 0 Å². The third kappa shape index (κ3) is 3.53. The number of halogens is 2. The third-order valence-corrected chi connectivity index (χ3v) is 4.36. The summed E-state index contributed by atoms with van der Waals surface area (Å²) in [5.74, 6) is -1.38. The minimum Gasteiger partial charge on any atom is -0.328 e. The fourth-order valence-electron chi connectivity index (χ4n) is 1.77. The summed E-state index contributed by atoms with van der Waals surface area (Å²) in [6.07, 6.45) is 1.03. The van der Waals surface area contributed by atoms with Gasteiger partial charge in [0, 0.05) is 23.9 Å². The summed E-state index contributed by atoms with van der Waals surface area (Å²) in [6.45, 7) is 1.39. The summed E-state index contributed by atoms with van der Waals surface area (Å²) >= 11 is 0. The van der Waals surface area contributed by atoms with Crippen LogP contribution in [0.4, 0.5) is 8.78 Å². The van der Waals surface area contributed by atoms with E-state index < -0.39 is 33.3 Å². The Balaban J connectivity index is 2.29. The van der Waals surface area contributed by atoms with E-state index in [9.17, 15) is 22.0 Å². The summed E-state index contributed by atoms with van der Waals surface area (Å²) in [6, 6.07) is 4.00. The standard InChI is InChI=1S/C13H12F2N2O3S/c1-8(11-6-9(14)2-4-12(11)15)17-21(19,20)10-3-5-13(18)16-7-10/h2-8,17H,1H3,(H,16,18). The molecular formula is C13H12F2N2O3S. The number of pyridine rings is 1. The number of nitrogens with one attached hydrogen (secondary N) is 2. The van der Waals surface area contributed by atoms with Crippen molar-refractivity contribution in [2.75, 3.05) is 0 Å². The normalized spacial score (nSPS) is 13.1. The van der Waals surface area contributed by atoms with Crippen LogP contribution >= 0.6 is 0 Å². The van der Waals surface area contributed by atoms with Gasteiger partial charge in [0.2, 0.25) is 15.6 Å². The Labute approximate surface area is 119 Å². The molecule has 2 N–H and O–H groups in total. The van der Waals surface area contributed by atoms with Gasteiger partial charge < -0.3 is 4.98 Å². The molecule has 1 heterocycles. The Morgan fingerprint density at radius 1 is 1.19 bits per heavy atom. The van der Waals surface area contributed by atoms with Gasteiger partial charge in [-0.05, 0) is 31.2 Å². The Bertz CT molecular complexity index is 798. The van der Waals surface area contributed by atoms with Gasteiger partial charge in [-0.25, -0.2) is 21.9 Å². The molecule has 0 amide bonds. The first kappa shape index (κ1) is 15.3. The topological polar surface area (TPSA) is 79.0 Å². The van der Waals surface area contributed by atoms with E-state index in [1.165, 1.54) is 6.92 Å². The van der Waals surface area contributed by atoms with Gasteiger partial charge in [-0.1, -0.05) is 0 Å². The number of hydrogen-bond donors (Lipinski definition) is 2. The second kappa shape index (κ2) is 5.74. The molecule has 0 spiro atoms. The number of H-pyrrole nitrogens is 1. The number of benzene rings is 1. The minimum absolute atomic E-state index is 0.108. The zero-order valence-electron chi connectivity index (χ0n) is 10.9. The van der Waals surface area contributed by atoms with Crippen LogP contribution in [0.2, 0.25) is 0 Å². The highest BCUT2D eigenvalue weighted by atomic mass is 32.2. The first-order valence-electron chi connectivity index (χ1n) is 5.95. The molecule has 0 saturated heterocycles. The summed E-state index contributed by atoms with van der Waals surface area (Å²) in [4.78, 5) is 13.0. The molecule has 0 saturated carbocycles. The van der Waals surface area contributed by atoms with Crippen molar-refractivity contribution < 1.29 is 17.2 Å². The molecular weight excluding hydrogens is 302 g/mol. The maximum Gasteiger partial charge on any atom is 0.247 e. The molecule has 1 atom stereocenters. The first-order chi connectivity index (χ1) is 9.79. The SMILES string of the molecule is CC(NS(=O)(=O)c1ccc(=O)[nH]c1)c1cc(F)ccc1F. The number of aromatic nitrogens is 1. The maximum atomic E-state index is 13.6. The molecule has 1 aromatic heterocycles. The highest BCUT2D eigenvalue weighted by Gasteiger charge is 2.20. The molecule has 0 radical (unpaired) electrons. The average Bonchev–Trinajstić information content (AvgIpc) is 2.41. The van der Waals surface area contributed by atoms with Crippen LogP contribution in [0, 0.1) is 11.6 Å². The molecule has 112 valence electrons. The van der Waals surface area contributed by atoms with Crippen molar-refractivity contribution >= 4 is 10.0 Å². The zero-order valence-corrected chi connectivity index (χ0v) is 11.7. The molecule has 8 heteroatoms. The molecule has 5 nitrogen and oxygen atoms in total. The van der Waals surface area contributed by atoms with Gasteiger partial charge in [0.1, 0.15) is 11.6 Å². The van der Waals surface area contributed by atoms with Crippen molar-refractivity contribution in [2.24, 2.45) is 0 Å². The Kier molecular flexibility index (Phi) is 4.19. The van der Waals surface area contributed by atoms with Crippen LogP contribution in [0.3, 0.4) is 0 Å². The Morgan fingerprint density at radius 2 is 1.90 bits per heavy atom. The van der Waals surface area contributed by atoms with Crippen molar-refractivity contribution in [3.63, 3.8) is 0 Å². The number of sulfonamides is 1. The summed E-state index contributed by atoms with van der Waals surface area (Å²) in [5, 5.41) is 0. The smallest absolute Gasteiger partial charge is 0.247 e. The molecule has 0 fully saturated rings. The van der Waals surface area contributed by atoms with Gasteiger partial charge in [0.15, 0.2) is 0 Å². The fourth-order valence-corrected chi connectivity index (χ4v) is 2.96. The lowest BCUT2D eigenvalue weighted by Gasteiger charge is -2.15. The average molecular weight is 314 g/mol. The van der Waals surface area contributed by atoms with Gasteiger partial charge in [-0.2, -0.15) is 0 Å². The van der Waals surface area contributed by atoms with Crippen molar-refractivity contribution in [2.45, 2.75) is 17.9 Å². The van der Waals surface area contributed by atoms with E-state index in [2.05, 4.69) is 9.71 Å². The van der Waals surface area contributed by atoms with E-state index in [1.54, 1.807) is 0 Å². The molecule has 0 aliphatic carbocycles. The highest BCUT2D eigenvalue weighted by Crippen LogP contribution is 2.20. The maximum absolute atomic E-state index is 13.6. The predicted octanol–water partition coefficient (Wildman–Crippen LogP) is 1.69. The van der Waals surface area contributed by atoms with Crippen molar-refractivity contribution in [1.29, 1.82) is 0 Å². The highest BCUT2D eigenvalue weighted by molar-refractivity contribution is 7.89. The zero-order chi connectivity index (χ0) is 15.6. The number of hydrogen-bond acceptors (Lipinski definition) is 3. The van der Waals surface area contributed by atoms with Crippen LogP contribution in [-0.2, 0) is 10.0 Å². The van der Waals surface area contributed by atoms with Crippen LogP contribution in [0.25, 0.3) is 0 Å². The van der Waals surface area contributed by atoms with Gasteiger partial charge >= 0.3 is 0 Å². The Morgan fingerprint density at radius 3 is 2.52 bits per heavy atom. The fraction of sp³-hybridized carbons (Fsp3) is 0.154. The lowest BCUT2D eigenvalue weighted by Crippen LogP contribution is -2.28. The van der Waals surface area contributed by atoms with E-state index in [-0.39, 0.29) is 10.5 Å².